The molecule has 3 heteroatoms. The van der Waals surface area contributed by atoms with Crippen molar-refractivity contribution in [3.8, 4) is 6.07 Å². The smallest absolute Gasteiger partial charge is 0.101 e. The van der Waals surface area contributed by atoms with Crippen LogP contribution in [0.2, 0.25) is 0 Å². The van der Waals surface area contributed by atoms with Gasteiger partial charge in [0.15, 0.2) is 0 Å². The summed E-state index contributed by atoms with van der Waals surface area (Å²) >= 11 is 0. The van der Waals surface area contributed by atoms with Crippen LogP contribution in [-0.2, 0) is 6.54 Å². The molecule has 1 saturated heterocycles. The lowest BCUT2D eigenvalue weighted by molar-refractivity contribution is 0.418. The van der Waals surface area contributed by atoms with Crippen LogP contribution in [0.1, 0.15) is 45.2 Å². The Kier molecular flexibility index (Phi) is 4.90. The van der Waals surface area contributed by atoms with Crippen molar-refractivity contribution in [1.29, 1.82) is 5.26 Å². The lowest BCUT2D eigenvalue weighted by atomic mass is 9.93. The van der Waals surface area contributed by atoms with Crippen LogP contribution in [0.25, 0.3) is 0 Å². The molecule has 1 aromatic carbocycles. The van der Waals surface area contributed by atoms with Crippen molar-refractivity contribution >= 4 is 5.69 Å². The molecule has 0 aromatic heterocycles. The first-order valence-electron chi connectivity index (χ1n) is 7.90. The highest BCUT2D eigenvalue weighted by Gasteiger charge is 2.30. The van der Waals surface area contributed by atoms with E-state index in [0.717, 1.165) is 37.4 Å². The van der Waals surface area contributed by atoms with Crippen LogP contribution in [0, 0.1) is 22.7 Å². The zero-order valence-electron chi connectivity index (χ0n) is 13.7. The molecule has 2 rings (SSSR count). The first-order valence-corrected chi connectivity index (χ1v) is 7.90. The molecule has 1 aliphatic rings. The molecule has 0 saturated carbocycles. The third-order valence-electron chi connectivity index (χ3n) is 4.08. The Morgan fingerprint density at radius 3 is 2.71 bits per heavy atom. The van der Waals surface area contributed by atoms with Gasteiger partial charge in [0.05, 0.1) is 11.3 Å². The predicted molar refractivity (Wildman–Crippen MR) is 88.3 cm³/mol. The fourth-order valence-electron chi connectivity index (χ4n) is 2.88. The molecule has 3 nitrogen and oxygen atoms in total. The minimum Gasteiger partial charge on any atom is -0.370 e. The van der Waals surface area contributed by atoms with Gasteiger partial charge in [-0.05, 0) is 42.0 Å². The van der Waals surface area contributed by atoms with E-state index in [2.05, 4.69) is 56.1 Å². The Bertz CT molecular complexity index is 526. The Labute approximate surface area is 129 Å². The summed E-state index contributed by atoms with van der Waals surface area (Å²) < 4.78 is 0. The zero-order valence-corrected chi connectivity index (χ0v) is 13.7. The molecule has 0 amide bonds. The number of hydrogen-bond donors (Lipinski definition) is 1. The second kappa shape index (κ2) is 6.49. The van der Waals surface area contributed by atoms with Gasteiger partial charge in [0.1, 0.15) is 6.07 Å². The number of rotatable bonds is 5. The van der Waals surface area contributed by atoms with E-state index in [1.807, 2.05) is 6.07 Å². The Morgan fingerprint density at radius 2 is 2.14 bits per heavy atom. The lowest BCUT2D eigenvalue weighted by Crippen LogP contribution is -2.24. The quantitative estimate of drug-likeness (QED) is 0.899. The summed E-state index contributed by atoms with van der Waals surface area (Å²) in [5, 5.41) is 12.9. The molecule has 0 unspecified atom stereocenters. The molecule has 1 fully saturated rings. The number of hydrogen-bond acceptors (Lipinski definition) is 3. The van der Waals surface area contributed by atoms with Crippen molar-refractivity contribution < 1.29 is 0 Å². The van der Waals surface area contributed by atoms with Crippen molar-refractivity contribution in [2.24, 2.45) is 11.3 Å². The SMILES string of the molecule is CC(C)CNCc1ccc(N2CCC(C)(C)C2)c(C#N)c1. The van der Waals surface area contributed by atoms with Crippen LogP contribution in [0.3, 0.4) is 0 Å². The highest BCUT2D eigenvalue weighted by molar-refractivity contribution is 5.61. The van der Waals surface area contributed by atoms with E-state index in [4.69, 9.17) is 0 Å². The molecule has 114 valence electrons. The Balaban J connectivity index is 2.09. The van der Waals surface area contributed by atoms with Crippen LogP contribution in [-0.4, -0.2) is 19.6 Å². The van der Waals surface area contributed by atoms with Crippen LogP contribution >= 0.6 is 0 Å². The van der Waals surface area contributed by atoms with Gasteiger partial charge in [0.25, 0.3) is 0 Å². The summed E-state index contributed by atoms with van der Waals surface area (Å²) in [6, 6.07) is 8.67. The topological polar surface area (TPSA) is 39.1 Å². The maximum atomic E-state index is 9.45. The minimum atomic E-state index is 0.351. The minimum absolute atomic E-state index is 0.351. The van der Waals surface area contributed by atoms with Gasteiger partial charge in [-0.1, -0.05) is 33.8 Å². The van der Waals surface area contributed by atoms with Crippen molar-refractivity contribution in [3.05, 3.63) is 29.3 Å². The average Bonchev–Trinajstić information content (AvgIpc) is 2.78. The highest BCUT2D eigenvalue weighted by Crippen LogP contribution is 2.34. The Hall–Kier alpha value is -1.53. The van der Waals surface area contributed by atoms with Crippen molar-refractivity contribution in [3.63, 3.8) is 0 Å². The molecular weight excluding hydrogens is 258 g/mol. The van der Waals surface area contributed by atoms with Crippen LogP contribution in [0.5, 0.6) is 0 Å². The number of anilines is 1. The second-order valence-electron chi connectivity index (χ2n) is 7.32. The van der Waals surface area contributed by atoms with E-state index in [-0.39, 0.29) is 0 Å². The molecule has 1 heterocycles. The van der Waals surface area contributed by atoms with Gasteiger partial charge in [-0.2, -0.15) is 5.26 Å². The summed E-state index contributed by atoms with van der Waals surface area (Å²) in [4.78, 5) is 2.35. The fourth-order valence-corrected chi connectivity index (χ4v) is 2.88. The summed E-state index contributed by atoms with van der Waals surface area (Å²) in [7, 11) is 0. The summed E-state index contributed by atoms with van der Waals surface area (Å²) in [5.41, 5.74) is 3.44. The predicted octanol–water partition coefficient (Wildman–Crippen LogP) is 3.54. The molecule has 1 N–H and O–H groups in total. The maximum absolute atomic E-state index is 9.45. The normalized spacial score (nSPS) is 17.2. The largest absolute Gasteiger partial charge is 0.370 e. The molecular formula is C18H27N3. The van der Waals surface area contributed by atoms with Crippen molar-refractivity contribution in [1.82, 2.24) is 5.32 Å². The van der Waals surface area contributed by atoms with E-state index in [9.17, 15) is 5.26 Å². The van der Waals surface area contributed by atoms with E-state index in [1.165, 1.54) is 12.0 Å². The average molecular weight is 285 g/mol. The number of nitriles is 1. The molecule has 0 bridgehead atoms. The van der Waals surface area contributed by atoms with E-state index < -0.39 is 0 Å². The van der Waals surface area contributed by atoms with E-state index >= 15 is 0 Å². The zero-order chi connectivity index (χ0) is 15.5. The molecule has 1 aliphatic heterocycles. The molecule has 0 atom stereocenters. The monoisotopic (exact) mass is 285 g/mol. The van der Waals surface area contributed by atoms with Gasteiger partial charge in [0, 0.05) is 19.6 Å². The highest BCUT2D eigenvalue weighted by atomic mass is 15.2. The van der Waals surface area contributed by atoms with Gasteiger partial charge in [-0.15, -0.1) is 0 Å². The third kappa shape index (κ3) is 4.22. The number of nitrogens with one attached hydrogen (secondary N) is 1. The summed E-state index contributed by atoms with van der Waals surface area (Å²) in [5.74, 6) is 0.645. The summed E-state index contributed by atoms with van der Waals surface area (Å²) in [6.45, 7) is 12.9. The van der Waals surface area contributed by atoms with Gasteiger partial charge in [-0.3, -0.25) is 0 Å². The lowest BCUT2D eigenvalue weighted by Gasteiger charge is -2.23. The summed E-state index contributed by atoms with van der Waals surface area (Å²) in [6.07, 6.45) is 1.19. The van der Waals surface area contributed by atoms with Crippen molar-refractivity contribution in [2.75, 3.05) is 24.5 Å². The standard InChI is InChI=1S/C18H27N3/c1-14(2)11-20-12-15-5-6-17(16(9-15)10-19)21-8-7-18(3,4)13-21/h5-6,9,14,20H,7-8,11-13H2,1-4H3. The van der Waals surface area contributed by atoms with E-state index in [0.29, 0.717) is 11.3 Å². The molecule has 1 aromatic rings. The van der Waals surface area contributed by atoms with Gasteiger partial charge in [-0.25, -0.2) is 0 Å². The maximum Gasteiger partial charge on any atom is 0.101 e. The van der Waals surface area contributed by atoms with E-state index in [1.54, 1.807) is 0 Å². The van der Waals surface area contributed by atoms with Crippen LogP contribution in [0.4, 0.5) is 5.69 Å². The third-order valence-corrected chi connectivity index (χ3v) is 4.08. The van der Waals surface area contributed by atoms with Gasteiger partial charge in [0.2, 0.25) is 0 Å². The molecule has 0 radical (unpaired) electrons. The molecule has 0 spiro atoms. The first kappa shape index (κ1) is 15.9. The van der Waals surface area contributed by atoms with Crippen molar-refractivity contribution in [2.45, 2.75) is 40.7 Å². The van der Waals surface area contributed by atoms with Crippen LogP contribution in [0.15, 0.2) is 18.2 Å². The molecule has 0 aliphatic carbocycles. The van der Waals surface area contributed by atoms with Gasteiger partial charge < -0.3 is 10.2 Å². The number of nitrogens with zero attached hydrogens (tertiary/aromatic N) is 2. The first-order chi connectivity index (χ1) is 9.91. The Morgan fingerprint density at radius 1 is 1.38 bits per heavy atom. The molecule has 21 heavy (non-hydrogen) atoms. The fraction of sp³-hybridized carbons (Fsp3) is 0.611. The van der Waals surface area contributed by atoms with Gasteiger partial charge >= 0.3 is 0 Å². The second-order valence-corrected chi connectivity index (χ2v) is 7.32. The van der Waals surface area contributed by atoms with Crippen LogP contribution < -0.4 is 10.2 Å². The number of benzene rings is 1.